The smallest absolute Gasteiger partial charge is 0.251 e. The van der Waals surface area contributed by atoms with E-state index in [1.807, 2.05) is 36.4 Å². The third kappa shape index (κ3) is 5.37. The Bertz CT molecular complexity index is 1070. The number of thiazole rings is 1. The van der Waals surface area contributed by atoms with Gasteiger partial charge < -0.3 is 20.7 Å². The number of carbonyl (C=O) groups excluding carboxylic acids is 2. The molecule has 0 radical (unpaired) electrons. The molecule has 1 heterocycles. The number of methoxy groups -OCH3 is 1. The molecule has 0 saturated heterocycles. The minimum Gasteiger partial charge on any atom is -0.497 e. The summed E-state index contributed by atoms with van der Waals surface area (Å²) in [5, 5.41) is 9.42. The summed E-state index contributed by atoms with van der Waals surface area (Å²) in [4.78, 5) is 29.9. The van der Waals surface area contributed by atoms with Gasteiger partial charge in [-0.05, 0) is 55.3 Å². The molecular weight excluding hydrogens is 424 g/mol. The zero-order chi connectivity index (χ0) is 22.3. The summed E-state index contributed by atoms with van der Waals surface area (Å²) in [6.45, 7) is 1.14. The molecule has 7 nitrogen and oxygen atoms in total. The first kappa shape index (κ1) is 22.1. The average Bonchev–Trinajstić information content (AvgIpc) is 3.30. The molecular formula is C24H28N4O3S. The van der Waals surface area contributed by atoms with Gasteiger partial charge in [0.25, 0.3) is 5.91 Å². The molecule has 1 fully saturated rings. The molecule has 0 unspecified atom stereocenters. The summed E-state index contributed by atoms with van der Waals surface area (Å²) in [5.41, 5.74) is 4.25. The molecule has 3 N–H and O–H groups in total. The van der Waals surface area contributed by atoms with E-state index in [1.165, 1.54) is 11.3 Å². The number of hydrogen-bond acceptors (Lipinski definition) is 6. The number of benzene rings is 2. The highest BCUT2D eigenvalue weighted by Crippen LogP contribution is 2.26. The van der Waals surface area contributed by atoms with Crippen molar-refractivity contribution in [3.05, 3.63) is 53.5 Å². The topological polar surface area (TPSA) is 92.4 Å². The van der Waals surface area contributed by atoms with Crippen molar-refractivity contribution in [3.8, 4) is 5.75 Å². The van der Waals surface area contributed by atoms with Gasteiger partial charge in [-0.1, -0.05) is 12.8 Å². The van der Waals surface area contributed by atoms with Crippen LogP contribution in [0, 0.1) is 5.92 Å². The lowest BCUT2D eigenvalue weighted by Crippen LogP contribution is -2.49. The number of anilines is 1. The number of fused-ring (bicyclic) bond motifs is 1. The molecule has 0 spiro atoms. The molecule has 0 aliphatic heterocycles. The van der Waals surface area contributed by atoms with E-state index >= 15 is 0 Å². The van der Waals surface area contributed by atoms with Crippen LogP contribution >= 0.6 is 11.3 Å². The lowest BCUT2D eigenvalue weighted by atomic mass is 9.83. The van der Waals surface area contributed by atoms with E-state index in [4.69, 9.17) is 4.74 Å². The van der Waals surface area contributed by atoms with Crippen LogP contribution in [0.5, 0.6) is 5.75 Å². The molecule has 8 heteroatoms. The van der Waals surface area contributed by atoms with Gasteiger partial charge in [-0.3, -0.25) is 9.59 Å². The number of carbonyl (C=O) groups is 2. The Morgan fingerprint density at radius 1 is 1.09 bits per heavy atom. The molecule has 4 rings (SSSR count). The SMILES string of the molecule is COc1ccc(NCCNC(=O)[C@@H]2CCCC[C@@H]2NC(=O)c2ccc3ncsc3c2)cc1. The van der Waals surface area contributed by atoms with E-state index < -0.39 is 0 Å². The lowest BCUT2D eigenvalue weighted by molar-refractivity contribution is -0.126. The van der Waals surface area contributed by atoms with E-state index in [2.05, 4.69) is 20.9 Å². The van der Waals surface area contributed by atoms with Crippen LogP contribution in [0.25, 0.3) is 10.2 Å². The second-order valence-electron chi connectivity index (χ2n) is 7.95. The molecule has 2 aromatic carbocycles. The summed E-state index contributed by atoms with van der Waals surface area (Å²) in [6.07, 6.45) is 3.62. The molecule has 1 saturated carbocycles. The van der Waals surface area contributed by atoms with Gasteiger partial charge in [0.15, 0.2) is 0 Å². The Morgan fingerprint density at radius 3 is 2.72 bits per heavy atom. The fourth-order valence-corrected chi connectivity index (χ4v) is 4.81. The van der Waals surface area contributed by atoms with Gasteiger partial charge in [0.05, 0.1) is 28.8 Å². The molecule has 1 aliphatic carbocycles. The maximum Gasteiger partial charge on any atom is 0.251 e. The van der Waals surface area contributed by atoms with Crippen molar-refractivity contribution >= 4 is 39.1 Å². The lowest BCUT2D eigenvalue weighted by Gasteiger charge is -2.31. The van der Waals surface area contributed by atoms with Crippen molar-refractivity contribution in [2.24, 2.45) is 5.92 Å². The highest BCUT2D eigenvalue weighted by Gasteiger charge is 2.32. The molecule has 2 amide bonds. The summed E-state index contributed by atoms with van der Waals surface area (Å²) in [5.74, 6) is 0.470. The van der Waals surface area contributed by atoms with Crippen molar-refractivity contribution in [1.82, 2.24) is 15.6 Å². The second kappa shape index (κ2) is 10.5. The van der Waals surface area contributed by atoms with Crippen LogP contribution in [-0.4, -0.2) is 43.0 Å². The quantitative estimate of drug-likeness (QED) is 0.452. The Hall–Kier alpha value is -3.13. The van der Waals surface area contributed by atoms with E-state index in [0.29, 0.717) is 18.7 Å². The van der Waals surface area contributed by atoms with Crippen molar-refractivity contribution in [3.63, 3.8) is 0 Å². The fourth-order valence-electron chi connectivity index (χ4n) is 4.10. The van der Waals surface area contributed by atoms with Crippen molar-refractivity contribution < 1.29 is 14.3 Å². The van der Waals surface area contributed by atoms with Crippen LogP contribution in [0.15, 0.2) is 48.0 Å². The maximum absolute atomic E-state index is 12.8. The molecule has 3 aromatic rings. The largest absolute Gasteiger partial charge is 0.497 e. The minimum atomic E-state index is -0.208. The number of hydrogen-bond donors (Lipinski definition) is 3. The molecule has 168 valence electrons. The monoisotopic (exact) mass is 452 g/mol. The minimum absolute atomic E-state index is 0.00411. The van der Waals surface area contributed by atoms with Gasteiger partial charge in [-0.15, -0.1) is 11.3 Å². The Balaban J connectivity index is 1.28. The Kier molecular flexibility index (Phi) is 7.21. The predicted octanol–water partition coefficient (Wildman–Crippen LogP) is 3.82. The van der Waals surface area contributed by atoms with E-state index in [0.717, 1.165) is 47.3 Å². The van der Waals surface area contributed by atoms with E-state index in [-0.39, 0.29) is 23.8 Å². The van der Waals surface area contributed by atoms with Gasteiger partial charge >= 0.3 is 0 Å². The first-order chi connectivity index (χ1) is 15.6. The van der Waals surface area contributed by atoms with Crippen LogP contribution in [0.2, 0.25) is 0 Å². The Morgan fingerprint density at radius 2 is 1.91 bits per heavy atom. The highest BCUT2D eigenvalue weighted by molar-refractivity contribution is 7.16. The number of nitrogens with zero attached hydrogens (tertiary/aromatic N) is 1. The average molecular weight is 453 g/mol. The van der Waals surface area contributed by atoms with Crippen LogP contribution in [0.3, 0.4) is 0 Å². The third-order valence-corrected chi connectivity index (χ3v) is 6.65. The van der Waals surface area contributed by atoms with Gasteiger partial charge in [-0.25, -0.2) is 4.98 Å². The molecule has 0 bridgehead atoms. The number of aromatic nitrogens is 1. The molecule has 32 heavy (non-hydrogen) atoms. The van der Waals surface area contributed by atoms with Gasteiger partial charge in [0.1, 0.15) is 5.75 Å². The fraction of sp³-hybridized carbons (Fsp3) is 0.375. The normalized spacial score (nSPS) is 18.2. The van der Waals surface area contributed by atoms with Gasteiger partial charge in [0, 0.05) is 30.4 Å². The van der Waals surface area contributed by atoms with Crippen LogP contribution in [0.4, 0.5) is 5.69 Å². The standard InChI is InChI=1S/C24H28N4O3S/c1-31-18-9-7-17(8-10-18)25-12-13-26-24(30)19-4-2-3-5-20(19)28-23(29)16-6-11-21-22(14-16)32-15-27-21/h6-11,14-15,19-20,25H,2-5,12-13H2,1H3,(H,26,30)(H,28,29)/t19-,20+/m1/s1. The van der Waals surface area contributed by atoms with Crippen molar-refractivity contribution in [2.75, 3.05) is 25.5 Å². The summed E-state index contributed by atoms with van der Waals surface area (Å²) >= 11 is 1.51. The molecule has 1 aliphatic rings. The number of nitrogens with one attached hydrogen (secondary N) is 3. The predicted molar refractivity (Wildman–Crippen MR) is 127 cm³/mol. The van der Waals surface area contributed by atoms with Crippen molar-refractivity contribution in [1.29, 1.82) is 0 Å². The zero-order valence-corrected chi connectivity index (χ0v) is 18.9. The van der Waals surface area contributed by atoms with Crippen molar-refractivity contribution in [2.45, 2.75) is 31.7 Å². The highest BCUT2D eigenvalue weighted by atomic mass is 32.1. The first-order valence-corrected chi connectivity index (χ1v) is 11.8. The molecule has 2 atom stereocenters. The van der Waals surface area contributed by atoms with E-state index in [9.17, 15) is 9.59 Å². The number of amides is 2. The van der Waals surface area contributed by atoms with Crippen LogP contribution < -0.4 is 20.7 Å². The van der Waals surface area contributed by atoms with Gasteiger partial charge in [0.2, 0.25) is 5.91 Å². The Labute approximate surface area is 191 Å². The second-order valence-corrected chi connectivity index (χ2v) is 8.84. The third-order valence-electron chi connectivity index (χ3n) is 5.86. The van der Waals surface area contributed by atoms with E-state index in [1.54, 1.807) is 18.7 Å². The maximum atomic E-state index is 12.8. The number of rotatable bonds is 8. The van der Waals surface area contributed by atoms with Crippen LogP contribution in [-0.2, 0) is 4.79 Å². The summed E-state index contributed by atoms with van der Waals surface area (Å²) in [7, 11) is 1.64. The summed E-state index contributed by atoms with van der Waals surface area (Å²) < 4.78 is 6.14. The number of ether oxygens (including phenoxy) is 1. The zero-order valence-electron chi connectivity index (χ0n) is 18.1. The summed E-state index contributed by atoms with van der Waals surface area (Å²) in [6, 6.07) is 13.0. The van der Waals surface area contributed by atoms with Crippen LogP contribution in [0.1, 0.15) is 36.0 Å². The first-order valence-electron chi connectivity index (χ1n) is 10.9. The van der Waals surface area contributed by atoms with Gasteiger partial charge in [-0.2, -0.15) is 0 Å². The molecule has 1 aromatic heterocycles.